The zero-order valence-corrected chi connectivity index (χ0v) is 11.6. The molecule has 6 heteroatoms. The fourth-order valence-electron chi connectivity index (χ4n) is 1.47. The fraction of sp³-hybridized carbons (Fsp3) is 0.167. The van der Waals surface area contributed by atoms with Crippen molar-refractivity contribution in [1.29, 1.82) is 0 Å². The summed E-state index contributed by atoms with van der Waals surface area (Å²) in [6, 6.07) is 7.66. The van der Waals surface area contributed by atoms with Crippen molar-refractivity contribution >= 4 is 29.2 Å². The number of hydrogen-bond acceptors (Lipinski definition) is 5. The van der Waals surface area contributed by atoms with Gasteiger partial charge in [-0.2, -0.15) is 0 Å². The molecular weight excluding hydrogens is 268 g/mol. The van der Waals surface area contributed by atoms with Gasteiger partial charge in [0.2, 0.25) is 0 Å². The second-order valence-corrected chi connectivity index (χ2v) is 5.16. The van der Waals surface area contributed by atoms with E-state index in [1.165, 1.54) is 11.8 Å². The molecule has 18 heavy (non-hydrogen) atoms. The van der Waals surface area contributed by atoms with E-state index in [-0.39, 0.29) is 0 Å². The lowest BCUT2D eigenvalue weighted by molar-refractivity contribution is 0.935. The third-order valence-corrected chi connectivity index (χ3v) is 4.00. The Hall–Kier alpha value is -1.30. The second-order valence-electron chi connectivity index (χ2n) is 3.73. The lowest BCUT2D eigenvalue weighted by Gasteiger charge is -2.10. The number of hydrazine groups is 1. The Morgan fingerprint density at radius 3 is 2.61 bits per heavy atom. The molecule has 3 N–H and O–H groups in total. The molecule has 0 spiro atoms. The molecule has 0 unspecified atom stereocenters. The Morgan fingerprint density at radius 1 is 1.22 bits per heavy atom. The molecule has 0 bridgehead atoms. The molecule has 4 nitrogen and oxygen atoms in total. The topological polar surface area (TPSA) is 63.8 Å². The van der Waals surface area contributed by atoms with E-state index in [0.29, 0.717) is 16.7 Å². The van der Waals surface area contributed by atoms with Gasteiger partial charge in [0.1, 0.15) is 16.7 Å². The molecule has 0 fully saturated rings. The molecule has 1 aromatic heterocycles. The predicted molar refractivity (Wildman–Crippen MR) is 74.9 cm³/mol. The number of anilines is 1. The van der Waals surface area contributed by atoms with Gasteiger partial charge in [-0.3, -0.25) is 0 Å². The number of nitrogen functional groups attached to an aromatic ring is 1. The number of nitrogens with two attached hydrogens (primary N) is 1. The minimum Gasteiger partial charge on any atom is -0.308 e. The van der Waals surface area contributed by atoms with E-state index >= 15 is 0 Å². The predicted octanol–water partition coefficient (Wildman–Crippen LogP) is 3.18. The minimum absolute atomic E-state index is 0.636. The van der Waals surface area contributed by atoms with Crippen LogP contribution in [0.4, 0.5) is 5.82 Å². The Labute approximate surface area is 115 Å². The maximum atomic E-state index is 6.14. The Morgan fingerprint density at radius 2 is 1.94 bits per heavy atom. The summed E-state index contributed by atoms with van der Waals surface area (Å²) in [4.78, 5) is 9.60. The maximum absolute atomic E-state index is 6.14. The summed E-state index contributed by atoms with van der Waals surface area (Å²) in [5.41, 5.74) is 3.49. The normalized spacial score (nSPS) is 10.4. The fourth-order valence-corrected chi connectivity index (χ4v) is 2.67. The summed E-state index contributed by atoms with van der Waals surface area (Å²) in [7, 11) is 0. The number of hydrogen-bond donors (Lipinski definition) is 2. The van der Waals surface area contributed by atoms with Crippen LogP contribution < -0.4 is 11.3 Å². The van der Waals surface area contributed by atoms with Crippen molar-refractivity contribution < 1.29 is 0 Å². The molecule has 2 aromatic rings. The van der Waals surface area contributed by atoms with E-state index in [4.69, 9.17) is 17.4 Å². The van der Waals surface area contributed by atoms with Gasteiger partial charge in [-0.1, -0.05) is 35.5 Å². The molecule has 0 radical (unpaired) electrons. The number of halogens is 1. The van der Waals surface area contributed by atoms with Crippen molar-refractivity contribution in [3.63, 3.8) is 0 Å². The van der Waals surface area contributed by atoms with E-state index in [1.54, 1.807) is 0 Å². The summed E-state index contributed by atoms with van der Waals surface area (Å²) in [5, 5.41) is 1.56. The van der Waals surface area contributed by atoms with Crippen LogP contribution >= 0.6 is 23.4 Å². The third-order valence-electron chi connectivity index (χ3n) is 2.39. The van der Waals surface area contributed by atoms with Gasteiger partial charge in [-0.05, 0) is 26.0 Å². The summed E-state index contributed by atoms with van der Waals surface area (Å²) >= 11 is 7.64. The highest BCUT2D eigenvalue weighted by Gasteiger charge is 2.11. The Balaban J connectivity index is 2.40. The van der Waals surface area contributed by atoms with E-state index < -0.39 is 0 Å². The molecule has 0 aliphatic heterocycles. The van der Waals surface area contributed by atoms with Crippen molar-refractivity contribution in [2.24, 2.45) is 5.84 Å². The molecule has 0 aliphatic rings. The van der Waals surface area contributed by atoms with Crippen LogP contribution in [0.1, 0.15) is 11.4 Å². The van der Waals surface area contributed by atoms with Crippen LogP contribution in [0.3, 0.4) is 0 Å². The first-order valence-electron chi connectivity index (χ1n) is 5.36. The number of nitrogens with zero attached hydrogens (tertiary/aromatic N) is 2. The number of aryl methyl sites for hydroxylation is 1. The van der Waals surface area contributed by atoms with Crippen LogP contribution in [-0.2, 0) is 0 Å². The SMILES string of the molecule is Cc1nc(NN)c(C)c(Sc2ccccc2Cl)n1. The highest BCUT2D eigenvalue weighted by Crippen LogP contribution is 2.34. The van der Waals surface area contributed by atoms with Crippen LogP contribution in [0.5, 0.6) is 0 Å². The lowest BCUT2D eigenvalue weighted by atomic mass is 10.3. The van der Waals surface area contributed by atoms with Gasteiger partial charge in [0.15, 0.2) is 0 Å². The van der Waals surface area contributed by atoms with E-state index in [9.17, 15) is 0 Å². The van der Waals surface area contributed by atoms with E-state index in [0.717, 1.165) is 15.5 Å². The Bertz CT molecular complexity index is 574. The zero-order chi connectivity index (χ0) is 13.1. The van der Waals surface area contributed by atoms with Crippen molar-refractivity contribution in [3.8, 4) is 0 Å². The molecule has 94 valence electrons. The van der Waals surface area contributed by atoms with E-state index in [1.807, 2.05) is 38.1 Å². The van der Waals surface area contributed by atoms with Gasteiger partial charge in [-0.25, -0.2) is 15.8 Å². The van der Waals surface area contributed by atoms with Crippen LogP contribution in [0, 0.1) is 13.8 Å². The summed E-state index contributed by atoms with van der Waals surface area (Å²) in [5.74, 6) is 6.74. The van der Waals surface area contributed by atoms with Gasteiger partial charge < -0.3 is 5.43 Å². The third kappa shape index (κ3) is 2.75. The van der Waals surface area contributed by atoms with Crippen molar-refractivity contribution in [1.82, 2.24) is 9.97 Å². The second kappa shape index (κ2) is 5.56. The maximum Gasteiger partial charge on any atom is 0.147 e. The molecule has 2 rings (SSSR count). The first-order valence-corrected chi connectivity index (χ1v) is 6.55. The van der Waals surface area contributed by atoms with Crippen molar-refractivity contribution in [3.05, 3.63) is 40.7 Å². The van der Waals surface area contributed by atoms with E-state index in [2.05, 4.69) is 15.4 Å². The van der Waals surface area contributed by atoms with Crippen LogP contribution in [0.2, 0.25) is 5.02 Å². The lowest BCUT2D eigenvalue weighted by Crippen LogP contribution is -2.12. The van der Waals surface area contributed by atoms with Gasteiger partial charge in [0, 0.05) is 10.5 Å². The van der Waals surface area contributed by atoms with Crippen molar-refractivity contribution in [2.75, 3.05) is 5.43 Å². The standard InChI is InChI=1S/C12H13ClN4S/c1-7-11(17-14)15-8(2)16-12(7)18-10-6-4-3-5-9(10)13/h3-6H,14H2,1-2H3,(H,15,16,17). The average molecular weight is 281 g/mol. The van der Waals surface area contributed by atoms with Gasteiger partial charge in [0.05, 0.1) is 5.02 Å². The molecular formula is C12H13ClN4S. The van der Waals surface area contributed by atoms with Crippen LogP contribution in [0.25, 0.3) is 0 Å². The van der Waals surface area contributed by atoms with Gasteiger partial charge in [0.25, 0.3) is 0 Å². The van der Waals surface area contributed by atoms with Crippen molar-refractivity contribution in [2.45, 2.75) is 23.8 Å². The molecule has 1 aromatic carbocycles. The number of aromatic nitrogens is 2. The summed E-state index contributed by atoms with van der Waals surface area (Å²) in [6.07, 6.45) is 0. The van der Waals surface area contributed by atoms with Gasteiger partial charge >= 0.3 is 0 Å². The molecule has 0 atom stereocenters. The minimum atomic E-state index is 0.636. The first kappa shape index (κ1) is 13.1. The largest absolute Gasteiger partial charge is 0.308 e. The summed E-state index contributed by atoms with van der Waals surface area (Å²) in [6.45, 7) is 3.75. The molecule has 0 saturated carbocycles. The molecule has 1 heterocycles. The zero-order valence-electron chi connectivity index (χ0n) is 10.1. The van der Waals surface area contributed by atoms with Gasteiger partial charge in [-0.15, -0.1) is 0 Å². The highest BCUT2D eigenvalue weighted by molar-refractivity contribution is 7.99. The molecule has 0 aliphatic carbocycles. The molecule has 0 amide bonds. The number of nitrogens with one attached hydrogen (secondary N) is 1. The number of benzene rings is 1. The Kier molecular flexibility index (Phi) is 4.06. The highest BCUT2D eigenvalue weighted by atomic mass is 35.5. The number of rotatable bonds is 3. The molecule has 0 saturated heterocycles. The average Bonchev–Trinajstić information content (AvgIpc) is 2.36. The summed E-state index contributed by atoms with van der Waals surface area (Å²) < 4.78 is 0. The smallest absolute Gasteiger partial charge is 0.147 e. The van der Waals surface area contributed by atoms with Crippen LogP contribution in [0.15, 0.2) is 34.2 Å². The van der Waals surface area contributed by atoms with Crippen LogP contribution in [-0.4, -0.2) is 9.97 Å². The first-order chi connectivity index (χ1) is 8.61. The monoisotopic (exact) mass is 280 g/mol. The quantitative estimate of drug-likeness (QED) is 0.514.